The fourth-order valence-corrected chi connectivity index (χ4v) is 4.07. The Morgan fingerprint density at radius 1 is 1.38 bits per heavy atom. The first-order chi connectivity index (χ1) is 10.0. The highest BCUT2D eigenvalue weighted by Crippen LogP contribution is 2.34. The van der Waals surface area contributed by atoms with E-state index in [-0.39, 0.29) is 11.5 Å². The molecule has 0 bridgehead atoms. The third-order valence-corrected chi connectivity index (χ3v) is 5.13. The summed E-state index contributed by atoms with van der Waals surface area (Å²) in [7, 11) is 0. The second-order valence-corrected chi connectivity index (χ2v) is 7.02. The number of aromatic hydroxyl groups is 1. The molecule has 2 heterocycles. The van der Waals surface area contributed by atoms with E-state index in [0.29, 0.717) is 26.6 Å². The van der Waals surface area contributed by atoms with Crippen LogP contribution in [0.25, 0.3) is 4.96 Å². The molecule has 0 amide bonds. The van der Waals surface area contributed by atoms with Crippen molar-refractivity contribution in [3.63, 3.8) is 0 Å². The SMILES string of the molecule is CCc1nc2sccn2c1C(=O)c1cc(Br)c(O)c(Br)c1. The summed E-state index contributed by atoms with van der Waals surface area (Å²) in [5.41, 5.74) is 1.86. The number of rotatable bonds is 3. The summed E-state index contributed by atoms with van der Waals surface area (Å²) in [4.78, 5) is 18.1. The summed E-state index contributed by atoms with van der Waals surface area (Å²) >= 11 is 8.01. The normalized spacial score (nSPS) is 11.2. The molecule has 2 aromatic heterocycles. The molecule has 1 N–H and O–H groups in total. The van der Waals surface area contributed by atoms with Crippen molar-refractivity contribution >= 4 is 53.9 Å². The lowest BCUT2D eigenvalue weighted by molar-refractivity contribution is 0.103. The fraction of sp³-hybridized carbons (Fsp3) is 0.143. The van der Waals surface area contributed by atoms with Crippen molar-refractivity contribution < 1.29 is 9.90 Å². The second-order valence-electron chi connectivity index (χ2n) is 4.43. The van der Waals surface area contributed by atoms with Gasteiger partial charge in [0, 0.05) is 17.1 Å². The zero-order chi connectivity index (χ0) is 15.1. The summed E-state index contributed by atoms with van der Waals surface area (Å²) in [5.74, 6) is -0.0321. The highest BCUT2D eigenvalue weighted by molar-refractivity contribution is 9.11. The molecular weight excluding hydrogens is 420 g/mol. The van der Waals surface area contributed by atoms with Gasteiger partial charge in [0.1, 0.15) is 11.4 Å². The van der Waals surface area contributed by atoms with Crippen LogP contribution in [0.5, 0.6) is 5.75 Å². The molecule has 0 spiro atoms. The number of hydrogen-bond donors (Lipinski definition) is 1. The number of nitrogens with zero attached hydrogens (tertiary/aromatic N) is 2. The van der Waals surface area contributed by atoms with Gasteiger partial charge in [-0.25, -0.2) is 4.98 Å². The van der Waals surface area contributed by atoms with E-state index in [2.05, 4.69) is 36.8 Å². The molecule has 0 atom stereocenters. The number of phenols is 1. The smallest absolute Gasteiger partial charge is 0.211 e. The molecule has 7 heteroatoms. The van der Waals surface area contributed by atoms with Crippen LogP contribution < -0.4 is 0 Å². The Kier molecular flexibility index (Phi) is 3.90. The maximum atomic E-state index is 12.8. The average molecular weight is 430 g/mol. The van der Waals surface area contributed by atoms with Gasteiger partial charge in [-0.2, -0.15) is 0 Å². The molecule has 0 aliphatic carbocycles. The van der Waals surface area contributed by atoms with E-state index in [1.54, 1.807) is 12.1 Å². The number of phenolic OH excluding ortho intramolecular Hbond substituents is 1. The fourth-order valence-electron chi connectivity index (χ4n) is 2.15. The van der Waals surface area contributed by atoms with Gasteiger partial charge in [-0.3, -0.25) is 9.20 Å². The van der Waals surface area contributed by atoms with Crippen LogP contribution in [-0.2, 0) is 6.42 Å². The molecule has 108 valence electrons. The van der Waals surface area contributed by atoms with Gasteiger partial charge < -0.3 is 5.11 Å². The number of ketones is 1. The third-order valence-electron chi connectivity index (χ3n) is 3.16. The average Bonchev–Trinajstić information content (AvgIpc) is 3.03. The van der Waals surface area contributed by atoms with Crippen molar-refractivity contribution in [2.45, 2.75) is 13.3 Å². The lowest BCUT2D eigenvalue weighted by atomic mass is 10.1. The molecular formula is C14H10Br2N2O2S. The van der Waals surface area contributed by atoms with Gasteiger partial charge in [0.05, 0.1) is 14.6 Å². The number of carbonyl (C=O) groups is 1. The van der Waals surface area contributed by atoms with E-state index in [9.17, 15) is 9.90 Å². The molecule has 0 unspecified atom stereocenters. The van der Waals surface area contributed by atoms with Crippen LogP contribution in [0.2, 0.25) is 0 Å². The molecule has 0 aliphatic rings. The van der Waals surface area contributed by atoms with Crippen molar-refractivity contribution in [1.82, 2.24) is 9.38 Å². The summed E-state index contributed by atoms with van der Waals surface area (Å²) in [6, 6.07) is 3.24. The lowest BCUT2D eigenvalue weighted by Crippen LogP contribution is -2.07. The van der Waals surface area contributed by atoms with Gasteiger partial charge in [0.2, 0.25) is 5.78 Å². The quantitative estimate of drug-likeness (QED) is 0.627. The maximum absolute atomic E-state index is 12.8. The molecule has 1 aromatic carbocycles. The van der Waals surface area contributed by atoms with Gasteiger partial charge >= 0.3 is 0 Å². The first kappa shape index (κ1) is 14.7. The summed E-state index contributed by atoms with van der Waals surface area (Å²) < 4.78 is 2.77. The van der Waals surface area contributed by atoms with Gasteiger partial charge in [-0.1, -0.05) is 6.92 Å². The van der Waals surface area contributed by atoms with Gasteiger partial charge in [0.25, 0.3) is 0 Å². The zero-order valence-corrected chi connectivity index (χ0v) is 14.9. The topological polar surface area (TPSA) is 54.6 Å². The van der Waals surface area contributed by atoms with E-state index >= 15 is 0 Å². The minimum atomic E-state index is -0.112. The van der Waals surface area contributed by atoms with Crippen LogP contribution in [0, 0.1) is 0 Å². The van der Waals surface area contributed by atoms with Crippen molar-refractivity contribution in [2.24, 2.45) is 0 Å². The van der Waals surface area contributed by atoms with E-state index in [4.69, 9.17) is 0 Å². The predicted octanol–water partition coefficient (Wildman–Crippen LogP) is 4.42. The largest absolute Gasteiger partial charge is 0.506 e. The van der Waals surface area contributed by atoms with E-state index in [1.807, 2.05) is 22.9 Å². The molecule has 0 saturated heterocycles. The van der Waals surface area contributed by atoms with Crippen molar-refractivity contribution in [3.8, 4) is 5.75 Å². The van der Waals surface area contributed by atoms with Gasteiger partial charge in [-0.15, -0.1) is 11.3 Å². The third kappa shape index (κ3) is 2.43. The lowest BCUT2D eigenvalue weighted by Gasteiger charge is -2.06. The highest BCUT2D eigenvalue weighted by Gasteiger charge is 2.21. The monoisotopic (exact) mass is 428 g/mol. The Morgan fingerprint density at radius 3 is 2.67 bits per heavy atom. The van der Waals surface area contributed by atoms with E-state index < -0.39 is 0 Å². The molecule has 3 aromatic rings. The van der Waals surface area contributed by atoms with E-state index in [0.717, 1.165) is 10.7 Å². The number of hydrogen-bond acceptors (Lipinski definition) is 4. The summed E-state index contributed by atoms with van der Waals surface area (Å²) in [6.07, 6.45) is 2.54. The standard InChI is InChI=1S/C14H10Br2N2O2S/c1-2-10-11(18-3-4-21-14(18)17-10)12(19)7-5-8(15)13(20)9(16)6-7/h3-6,20H,2H2,1H3. The predicted molar refractivity (Wildman–Crippen MR) is 89.4 cm³/mol. The maximum Gasteiger partial charge on any atom is 0.211 e. The number of carbonyl (C=O) groups excluding carboxylic acids is 1. The van der Waals surface area contributed by atoms with Crippen molar-refractivity contribution in [2.75, 3.05) is 0 Å². The number of thiazole rings is 1. The minimum Gasteiger partial charge on any atom is -0.506 e. The zero-order valence-electron chi connectivity index (χ0n) is 10.9. The van der Waals surface area contributed by atoms with Crippen LogP contribution in [0.15, 0.2) is 32.7 Å². The number of aryl methyl sites for hydroxylation is 1. The molecule has 4 nitrogen and oxygen atoms in total. The van der Waals surface area contributed by atoms with Gasteiger partial charge in [-0.05, 0) is 50.4 Å². The Bertz CT molecular complexity index is 831. The molecule has 21 heavy (non-hydrogen) atoms. The summed E-state index contributed by atoms with van der Waals surface area (Å²) in [6.45, 7) is 1.98. The van der Waals surface area contributed by atoms with Crippen molar-refractivity contribution in [3.05, 3.63) is 49.6 Å². The number of halogens is 2. The van der Waals surface area contributed by atoms with Crippen LogP contribution >= 0.6 is 43.2 Å². The first-order valence-corrected chi connectivity index (χ1v) is 8.66. The van der Waals surface area contributed by atoms with Crippen LogP contribution in [0.1, 0.15) is 28.7 Å². The van der Waals surface area contributed by atoms with Gasteiger partial charge in [0.15, 0.2) is 4.96 Å². The summed E-state index contributed by atoms with van der Waals surface area (Å²) in [5, 5.41) is 11.7. The van der Waals surface area contributed by atoms with Crippen molar-refractivity contribution in [1.29, 1.82) is 0 Å². The Labute approximate surface area is 141 Å². The number of imidazole rings is 1. The minimum absolute atomic E-state index is 0.0798. The number of aromatic nitrogens is 2. The Hall–Kier alpha value is -1.18. The molecule has 0 aliphatic heterocycles. The Morgan fingerprint density at radius 2 is 2.05 bits per heavy atom. The molecule has 0 radical (unpaired) electrons. The molecule has 0 fully saturated rings. The number of fused-ring (bicyclic) bond motifs is 1. The Balaban J connectivity index is 2.18. The number of benzene rings is 1. The highest BCUT2D eigenvalue weighted by atomic mass is 79.9. The first-order valence-electron chi connectivity index (χ1n) is 6.20. The van der Waals surface area contributed by atoms with Crippen LogP contribution in [0.4, 0.5) is 0 Å². The van der Waals surface area contributed by atoms with E-state index in [1.165, 1.54) is 11.3 Å². The second kappa shape index (κ2) is 5.55. The van der Waals surface area contributed by atoms with Crippen LogP contribution in [0.3, 0.4) is 0 Å². The molecule has 0 saturated carbocycles. The van der Waals surface area contributed by atoms with Crippen LogP contribution in [-0.4, -0.2) is 20.3 Å². The molecule has 3 rings (SSSR count).